The largest absolute Gasteiger partial charge is 0.481 e. The van der Waals surface area contributed by atoms with Gasteiger partial charge in [-0.05, 0) is 84.2 Å². The Hall–Kier alpha value is -2.69. The van der Waals surface area contributed by atoms with Crippen molar-refractivity contribution < 1.29 is 48.4 Å². The predicted molar refractivity (Wildman–Crippen MR) is 211 cm³/mol. The lowest BCUT2D eigenvalue weighted by Crippen LogP contribution is -2.34. The molecule has 0 amide bonds. The molecule has 1 aliphatic heterocycles. The molecule has 0 aromatic rings. The molecule has 0 aliphatic carbocycles. The molecule has 3 atom stereocenters. The Morgan fingerprint density at radius 3 is 1.44 bits per heavy atom. The van der Waals surface area contributed by atoms with Crippen LogP contribution in [0.4, 0.5) is 0 Å². The fourth-order valence-corrected chi connectivity index (χ4v) is 7.40. The van der Waals surface area contributed by atoms with Crippen LogP contribution in [0.2, 0.25) is 0 Å². The molecule has 11 nitrogen and oxygen atoms in total. The van der Waals surface area contributed by atoms with Gasteiger partial charge in [0.05, 0.1) is 37.1 Å². The van der Waals surface area contributed by atoms with Crippen LogP contribution >= 0.6 is 0 Å². The van der Waals surface area contributed by atoms with Crippen LogP contribution in [-0.4, -0.2) is 84.9 Å². The number of carboxylic acids is 2. The second-order valence-electron chi connectivity index (χ2n) is 16.2. The Morgan fingerprint density at radius 2 is 1.04 bits per heavy atom. The van der Waals surface area contributed by atoms with Gasteiger partial charge in [-0.15, -0.1) is 0 Å². The minimum atomic E-state index is -0.923. The van der Waals surface area contributed by atoms with E-state index in [0.717, 1.165) is 83.6 Å². The van der Waals surface area contributed by atoms with Gasteiger partial charge >= 0.3 is 29.8 Å². The van der Waals surface area contributed by atoms with Crippen LogP contribution in [0.15, 0.2) is 0 Å². The number of aliphatic carboxylic acids is 2. The third-order valence-electron chi connectivity index (χ3n) is 10.9. The molecule has 0 aromatic carbocycles. The summed E-state index contributed by atoms with van der Waals surface area (Å²) in [7, 11) is 1.96. The van der Waals surface area contributed by atoms with Crippen LogP contribution in [-0.2, 0) is 38.2 Å². The number of unbranched alkanes of at least 4 members (excludes halogenated alkanes) is 14. The van der Waals surface area contributed by atoms with Gasteiger partial charge in [-0.25, -0.2) is 0 Å². The maximum atomic E-state index is 13.2. The Balaban J connectivity index is 2.60. The van der Waals surface area contributed by atoms with Crippen molar-refractivity contribution in [3.63, 3.8) is 0 Å². The number of likely N-dealkylation sites (tertiary alicyclic amines) is 1. The Morgan fingerprint density at radius 1 is 0.611 bits per heavy atom. The van der Waals surface area contributed by atoms with E-state index in [1.54, 1.807) is 0 Å². The molecule has 314 valence electrons. The van der Waals surface area contributed by atoms with Crippen molar-refractivity contribution in [3.8, 4) is 0 Å². The van der Waals surface area contributed by atoms with Crippen molar-refractivity contribution in [2.24, 2.45) is 23.2 Å². The van der Waals surface area contributed by atoms with Crippen molar-refractivity contribution >= 4 is 29.8 Å². The molecule has 0 spiro atoms. The SMILES string of the molecule is CCCCCCCC(=O)OCCCCCCC(CC(COC(=O)C1(C)CCN(C)C1)CC(CCCCCCOC(=O)CCCCCCC)C(=O)O)C(=O)O. The molecular weight excluding hydrogens is 690 g/mol. The van der Waals surface area contributed by atoms with Crippen molar-refractivity contribution in [1.82, 2.24) is 4.90 Å². The molecule has 1 saturated heterocycles. The monoisotopic (exact) mass is 768 g/mol. The number of carbonyl (C=O) groups excluding carboxylic acids is 3. The molecule has 2 N–H and O–H groups in total. The molecule has 0 bridgehead atoms. The van der Waals surface area contributed by atoms with Gasteiger partial charge in [0.25, 0.3) is 0 Å². The number of hydrogen-bond acceptors (Lipinski definition) is 9. The van der Waals surface area contributed by atoms with E-state index in [0.29, 0.717) is 64.7 Å². The molecule has 1 aliphatic rings. The summed E-state index contributed by atoms with van der Waals surface area (Å²) < 4.78 is 16.5. The van der Waals surface area contributed by atoms with Gasteiger partial charge in [-0.1, -0.05) is 104 Å². The average Bonchev–Trinajstić information content (AvgIpc) is 3.49. The summed E-state index contributed by atoms with van der Waals surface area (Å²) in [6, 6.07) is 0. The van der Waals surface area contributed by atoms with E-state index in [9.17, 15) is 34.2 Å². The molecule has 1 fully saturated rings. The fourth-order valence-electron chi connectivity index (χ4n) is 7.40. The minimum absolute atomic E-state index is 0.000357. The lowest BCUT2D eigenvalue weighted by atomic mass is 9.83. The molecule has 0 aromatic heterocycles. The lowest BCUT2D eigenvalue weighted by molar-refractivity contribution is -0.156. The summed E-state index contributed by atoms with van der Waals surface area (Å²) in [6.45, 7) is 8.34. The summed E-state index contributed by atoms with van der Waals surface area (Å²) in [5.74, 6) is -4.23. The molecular formula is C43H77NO10. The normalized spacial score (nSPS) is 17.5. The number of hydrogen-bond donors (Lipinski definition) is 2. The van der Waals surface area contributed by atoms with Crippen molar-refractivity contribution in [1.29, 1.82) is 0 Å². The molecule has 1 rings (SSSR count). The second-order valence-corrected chi connectivity index (χ2v) is 16.2. The zero-order chi connectivity index (χ0) is 40.0. The van der Waals surface area contributed by atoms with Crippen LogP contribution in [0.3, 0.4) is 0 Å². The third kappa shape index (κ3) is 24.0. The maximum Gasteiger partial charge on any atom is 0.313 e. The summed E-state index contributed by atoms with van der Waals surface area (Å²) in [4.78, 5) is 63.9. The smallest absolute Gasteiger partial charge is 0.313 e. The molecule has 54 heavy (non-hydrogen) atoms. The summed E-state index contributed by atoms with van der Waals surface area (Å²) >= 11 is 0. The first kappa shape index (κ1) is 49.3. The van der Waals surface area contributed by atoms with Crippen molar-refractivity contribution in [2.45, 2.75) is 181 Å². The molecule has 3 unspecified atom stereocenters. The molecule has 0 saturated carbocycles. The number of carboxylic acid groups (broad SMARTS) is 2. The first-order valence-electron chi connectivity index (χ1n) is 21.5. The summed E-state index contributed by atoms with van der Waals surface area (Å²) in [5.41, 5.74) is -0.635. The van der Waals surface area contributed by atoms with E-state index < -0.39 is 35.1 Å². The van der Waals surface area contributed by atoms with Crippen LogP contribution < -0.4 is 0 Å². The van der Waals surface area contributed by atoms with Crippen molar-refractivity contribution in [2.75, 3.05) is 40.0 Å². The lowest BCUT2D eigenvalue weighted by Gasteiger charge is -2.27. The van der Waals surface area contributed by atoms with Gasteiger partial charge in [0.15, 0.2) is 0 Å². The summed E-state index contributed by atoms with van der Waals surface area (Å²) in [6.07, 6.45) is 19.9. The van der Waals surface area contributed by atoms with Gasteiger partial charge in [-0.3, -0.25) is 24.0 Å². The fraction of sp³-hybridized carbons (Fsp3) is 0.884. The highest BCUT2D eigenvalue weighted by molar-refractivity contribution is 5.77. The predicted octanol–water partition coefficient (Wildman–Crippen LogP) is 9.38. The topological polar surface area (TPSA) is 157 Å². The zero-order valence-electron chi connectivity index (χ0n) is 34.6. The number of carbonyl (C=O) groups is 5. The van der Waals surface area contributed by atoms with E-state index >= 15 is 0 Å². The molecule has 0 radical (unpaired) electrons. The average molecular weight is 768 g/mol. The van der Waals surface area contributed by atoms with E-state index in [4.69, 9.17) is 14.2 Å². The van der Waals surface area contributed by atoms with Gasteiger partial charge in [0.1, 0.15) is 0 Å². The maximum absolute atomic E-state index is 13.2. The number of esters is 3. The minimum Gasteiger partial charge on any atom is -0.481 e. The zero-order valence-corrected chi connectivity index (χ0v) is 34.6. The van der Waals surface area contributed by atoms with Gasteiger partial charge < -0.3 is 29.3 Å². The van der Waals surface area contributed by atoms with Gasteiger partial charge in [0.2, 0.25) is 0 Å². The highest BCUT2D eigenvalue weighted by atomic mass is 16.5. The van der Waals surface area contributed by atoms with E-state index in [1.807, 2.05) is 14.0 Å². The first-order valence-corrected chi connectivity index (χ1v) is 21.5. The molecule has 1 heterocycles. The molecule has 11 heteroatoms. The third-order valence-corrected chi connectivity index (χ3v) is 10.9. The number of rotatable bonds is 35. The summed E-state index contributed by atoms with van der Waals surface area (Å²) in [5, 5.41) is 20.3. The Kier molecular flexibility index (Phi) is 27.9. The van der Waals surface area contributed by atoms with Crippen LogP contribution in [0.5, 0.6) is 0 Å². The Labute approximate surface area is 327 Å². The Bertz CT molecular complexity index is 991. The van der Waals surface area contributed by atoms with Crippen LogP contribution in [0, 0.1) is 23.2 Å². The standard InChI is InChI=1S/C43H77NO10/c1-5-7-9-11-19-25-38(45)52-29-21-15-13-17-23-36(40(47)48)31-35(33-54-42(51)43(3)27-28-44(4)34-43)32-37(41(49)50)24-18-14-16-22-30-53-39(46)26-20-12-10-8-6-2/h35-37H,5-34H2,1-4H3,(H,47,48)(H,49,50). The van der Waals surface area contributed by atoms with Crippen molar-refractivity contribution in [3.05, 3.63) is 0 Å². The number of nitrogens with zero attached hydrogens (tertiary/aromatic N) is 1. The van der Waals surface area contributed by atoms with Crippen LogP contribution in [0.25, 0.3) is 0 Å². The number of ether oxygens (including phenoxy) is 3. The second kappa shape index (κ2) is 30.5. The van der Waals surface area contributed by atoms with E-state index in [2.05, 4.69) is 18.7 Å². The highest BCUT2D eigenvalue weighted by Crippen LogP contribution is 2.32. The quantitative estimate of drug-likeness (QED) is 0.0360. The van der Waals surface area contributed by atoms with E-state index in [-0.39, 0.29) is 37.4 Å². The van der Waals surface area contributed by atoms with Crippen LogP contribution in [0.1, 0.15) is 181 Å². The highest BCUT2D eigenvalue weighted by Gasteiger charge is 2.41. The van der Waals surface area contributed by atoms with Gasteiger partial charge in [-0.2, -0.15) is 0 Å². The van der Waals surface area contributed by atoms with Gasteiger partial charge in [0, 0.05) is 19.4 Å². The van der Waals surface area contributed by atoms with E-state index in [1.165, 1.54) is 25.7 Å². The first-order chi connectivity index (χ1) is 25.9.